The zero-order valence-electron chi connectivity index (χ0n) is 8.54. The number of amides is 1. The number of carbonyl (C=O) groups excluding carboxylic acids is 1. The number of azide groups is 1. The normalized spacial score (nSPS) is 25.6. The number of piperidine rings is 1. The van der Waals surface area contributed by atoms with E-state index in [0.29, 0.717) is 19.6 Å². The molecule has 0 aromatic heterocycles. The van der Waals surface area contributed by atoms with E-state index in [1.807, 2.05) is 0 Å². The Labute approximate surface area is 87.3 Å². The van der Waals surface area contributed by atoms with Gasteiger partial charge in [0.25, 0.3) is 0 Å². The molecule has 0 bridgehead atoms. The van der Waals surface area contributed by atoms with Gasteiger partial charge < -0.3 is 14.7 Å². The van der Waals surface area contributed by atoms with Crippen molar-refractivity contribution in [2.24, 2.45) is 5.11 Å². The van der Waals surface area contributed by atoms with E-state index < -0.39 is 18.2 Å². The number of carbonyl (C=O) groups is 1. The summed E-state index contributed by atoms with van der Waals surface area (Å²) in [5.74, 6) is 0. The second-order valence-electron chi connectivity index (χ2n) is 3.27. The molecule has 1 fully saturated rings. The number of ether oxygens (including phenoxy) is 1. The van der Waals surface area contributed by atoms with Crippen LogP contribution in [0.3, 0.4) is 0 Å². The summed E-state index contributed by atoms with van der Waals surface area (Å²) in [4.78, 5) is 15.4. The molecule has 1 heterocycles. The van der Waals surface area contributed by atoms with Crippen LogP contribution in [0.15, 0.2) is 5.11 Å². The van der Waals surface area contributed by atoms with E-state index in [4.69, 9.17) is 10.3 Å². The van der Waals surface area contributed by atoms with E-state index in [0.717, 1.165) is 0 Å². The maximum atomic E-state index is 11.3. The van der Waals surface area contributed by atoms with Crippen LogP contribution in [-0.4, -0.2) is 47.9 Å². The lowest BCUT2D eigenvalue weighted by Gasteiger charge is -2.32. The fraction of sp³-hybridized carbons (Fsp3) is 0.875. The maximum absolute atomic E-state index is 11.3. The van der Waals surface area contributed by atoms with Gasteiger partial charge in [0.2, 0.25) is 0 Å². The van der Waals surface area contributed by atoms with Gasteiger partial charge in [-0.2, -0.15) is 0 Å². The summed E-state index contributed by atoms with van der Waals surface area (Å²) in [6.07, 6.45) is -0.778. The van der Waals surface area contributed by atoms with E-state index in [1.54, 1.807) is 6.92 Å². The van der Waals surface area contributed by atoms with E-state index in [1.165, 1.54) is 4.90 Å². The van der Waals surface area contributed by atoms with Crippen molar-refractivity contribution in [1.29, 1.82) is 0 Å². The van der Waals surface area contributed by atoms with Gasteiger partial charge >= 0.3 is 6.09 Å². The summed E-state index contributed by atoms with van der Waals surface area (Å²) in [5.41, 5.74) is 8.24. The second-order valence-corrected chi connectivity index (χ2v) is 3.27. The molecule has 0 saturated carbocycles. The van der Waals surface area contributed by atoms with Crippen LogP contribution in [0.1, 0.15) is 13.3 Å². The molecule has 0 aromatic carbocycles. The summed E-state index contributed by atoms with van der Waals surface area (Å²) in [7, 11) is 0. The van der Waals surface area contributed by atoms with Gasteiger partial charge in [0.15, 0.2) is 0 Å². The Balaban J connectivity index is 2.50. The molecule has 1 N–H and O–H groups in total. The van der Waals surface area contributed by atoms with E-state index in [9.17, 15) is 9.90 Å². The highest BCUT2D eigenvalue weighted by Gasteiger charge is 2.29. The largest absolute Gasteiger partial charge is 0.450 e. The van der Waals surface area contributed by atoms with Crippen LogP contribution in [0, 0.1) is 0 Å². The molecule has 15 heavy (non-hydrogen) atoms. The molecule has 2 atom stereocenters. The molecular weight excluding hydrogens is 200 g/mol. The number of hydrogen-bond acceptors (Lipinski definition) is 4. The van der Waals surface area contributed by atoms with Crippen molar-refractivity contribution in [3.63, 3.8) is 0 Å². The first-order chi connectivity index (χ1) is 7.19. The first-order valence-electron chi connectivity index (χ1n) is 4.83. The topological polar surface area (TPSA) is 98.5 Å². The van der Waals surface area contributed by atoms with Crippen molar-refractivity contribution in [3.8, 4) is 0 Å². The smallest absolute Gasteiger partial charge is 0.409 e. The Morgan fingerprint density at radius 2 is 2.53 bits per heavy atom. The summed E-state index contributed by atoms with van der Waals surface area (Å²) < 4.78 is 4.80. The third kappa shape index (κ3) is 3.00. The van der Waals surface area contributed by atoms with Crippen LogP contribution in [0.5, 0.6) is 0 Å². The fourth-order valence-electron chi connectivity index (χ4n) is 1.50. The number of rotatable bonds is 2. The minimum absolute atomic E-state index is 0.155. The molecule has 7 nitrogen and oxygen atoms in total. The van der Waals surface area contributed by atoms with Crippen LogP contribution in [0.2, 0.25) is 0 Å². The number of hydrogen-bond donors (Lipinski definition) is 1. The molecule has 0 spiro atoms. The number of aliphatic hydroxyl groups excluding tert-OH is 1. The molecule has 84 valence electrons. The average Bonchev–Trinajstić information content (AvgIpc) is 2.21. The maximum Gasteiger partial charge on any atom is 0.409 e. The lowest BCUT2D eigenvalue weighted by molar-refractivity contribution is 0.0403. The first kappa shape index (κ1) is 11.6. The van der Waals surface area contributed by atoms with Crippen LogP contribution in [-0.2, 0) is 4.74 Å². The second kappa shape index (κ2) is 5.43. The summed E-state index contributed by atoms with van der Waals surface area (Å²) in [6.45, 7) is 2.63. The summed E-state index contributed by atoms with van der Waals surface area (Å²) in [5, 5.41) is 13.0. The van der Waals surface area contributed by atoms with E-state index in [2.05, 4.69) is 10.0 Å². The van der Waals surface area contributed by atoms with Gasteiger partial charge in [-0.25, -0.2) is 4.79 Å². The molecule has 1 aliphatic rings. The van der Waals surface area contributed by atoms with Crippen LogP contribution < -0.4 is 0 Å². The Hall–Kier alpha value is -1.46. The van der Waals surface area contributed by atoms with Crippen LogP contribution >= 0.6 is 0 Å². The van der Waals surface area contributed by atoms with Gasteiger partial charge in [-0.05, 0) is 18.9 Å². The van der Waals surface area contributed by atoms with Crippen molar-refractivity contribution in [3.05, 3.63) is 10.4 Å². The Morgan fingerprint density at radius 3 is 3.07 bits per heavy atom. The Kier molecular flexibility index (Phi) is 4.20. The molecule has 1 aliphatic heterocycles. The molecule has 1 amide bonds. The SMILES string of the molecule is CCOC(=O)N1CC[C@H](N=[N+]=[N-])[C@H](O)C1. The molecule has 1 saturated heterocycles. The highest BCUT2D eigenvalue weighted by atomic mass is 16.6. The Bertz CT molecular complexity index is 277. The first-order valence-corrected chi connectivity index (χ1v) is 4.83. The van der Waals surface area contributed by atoms with Gasteiger partial charge in [0, 0.05) is 11.5 Å². The molecule has 0 aliphatic carbocycles. The lowest BCUT2D eigenvalue weighted by atomic mass is 10.0. The lowest BCUT2D eigenvalue weighted by Crippen LogP contribution is -2.48. The van der Waals surface area contributed by atoms with Gasteiger partial charge in [-0.15, -0.1) is 0 Å². The molecule has 7 heteroatoms. The molecule has 0 aromatic rings. The quantitative estimate of drug-likeness (QED) is 0.419. The number of nitrogens with zero attached hydrogens (tertiary/aromatic N) is 4. The van der Waals surface area contributed by atoms with Crippen molar-refractivity contribution in [2.75, 3.05) is 19.7 Å². The minimum atomic E-state index is -0.806. The standard InChI is InChI=1S/C8H14N4O3/c1-2-15-8(14)12-4-3-6(10-11-9)7(13)5-12/h6-7,13H,2-5H2,1H3/t6-,7+/m0/s1. The van der Waals surface area contributed by atoms with Crippen molar-refractivity contribution in [1.82, 2.24) is 4.90 Å². The third-order valence-electron chi connectivity index (χ3n) is 2.27. The van der Waals surface area contributed by atoms with E-state index in [-0.39, 0.29) is 6.54 Å². The highest BCUT2D eigenvalue weighted by molar-refractivity contribution is 5.67. The van der Waals surface area contributed by atoms with Gasteiger partial charge in [0.05, 0.1) is 25.3 Å². The molecule has 0 unspecified atom stereocenters. The van der Waals surface area contributed by atoms with Crippen molar-refractivity contribution in [2.45, 2.75) is 25.5 Å². The van der Waals surface area contributed by atoms with Gasteiger partial charge in [-0.3, -0.25) is 0 Å². The van der Waals surface area contributed by atoms with Crippen molar-refractivity contribution >= 4 is 6.09 Å². The predicted molar refractivity (Wildman–Crippen MR) is 52.2 cm³/mol. The Morgan fingerprint density at radius 1 is 1.80 bits per heavy atom. The number of likely N-dealkylation sites (tertiary alicyclic amines) is 1. The van der Waals surface area contributed by atoms with Gasteiger partial charge in [-0.1, -0.05) is 5.11 Å². The van der Waals surface area contributed by atoms with E-state index >= 15 is 0 Å². The van der Waals surface area contributed by atoms with Crippen LogP contribution in [0.25, 0.3) is 10.4 Å². The number of aliphatic hydroxyl groups is 1. The summed E-state index contributed by atoms with van der Waals surface area (Å²) in [6, 6.07) is -0.444. The molecule has 1 rings (SSSR count). The zero-order valence-corrected chi connectivity index (χ0v) is 8.54. The highest BCUT2D eigenvalue weighted by Crippen LogP contribution is 2.15. The van der Waals surface area contributed by atoms with Crippen molar-refractivity contribution < 1.29 is 14.6 Å². The predicted octanol–water partition coefficient (Wildman–Crippen LogP) is 0.888. The molecular formula is C8H14N4O3. The zero-order chi connectivity index (χ0) is 11.3. The molecule has 0 radical (unpaired) electrons. The summed E-state index contributed by atoms with van der Waals surface area (Å²) >= 11 is 0. The minimum Gasteiger partial charge on any atom is -0.450 e. The third-order valence-corrected chi connectivity index (χ3v) is 2.27. The fourth-order valence-corrected chi connectivity index (χ4v) is 1.50. The van der Waals surface area contributed by atoms with Crippen LogP contribution in [0.4, 0.5) is 4.79 Å². The van der Waals surface area contributed by atoms with Gasteiger partial charge in [0.1, 0.15) is 0 Å². The number of β-amino-alcohol motifs (C(OH)–C–C–N with tert-alkyl or cyclic N) is 1. The average molecular weight is 214 g/mol. The monoisotopic (exact) mass is 214 g/mol.